The van der Waals surface area contributed by atoms with Crippen LogP contribution in [-0.4, -0.2) is 198 Å². The van der Waals surface area contributed by atoms with Gasteiger partial charge >= 0.3 is 12.1 Å². The summed E-state index contributed by atoms with van der Waals surface area (Å²) in [6.45, 7) is 15.7. The van der Waals surface area contributed by atoms with Gasteiger partial charge in [0.05, 0.1) is 72.0 Å². The van der Waals surface area contributed by atoms with Crippen molar-refractivity contribution in [3.8, 4) is 22.5 Å². The minimum Gasteiger partial charge on any atom is -0.464 e. The molecule has 2 aliphatic carbocycles. The van der Waals surface area contributed by atoms with Crippen molar-refractivity contribution >= 4 is 51.6 Å². The number of halogens is 3. The van der Waals surface area contributed by atoms with Crippen LogP contribution < -0.4 is 15.6 Å². The van der Waals surface area contributed by atoms with Gasteiger partial charge in [-0.05, 0) is 107 Å². The van der Waals surface area contributed by atoms with E-state index in [9.17, 15) is 9.59 Å². The number of carbonyl (C=O) groups excluding carboxylic acids is 4. The highest BCUT2D eigenvalue weighted by Crippen LogP contribution is 2.49. The quantitative estimate of drug-likeness (QED) is 0.120. The maximum Gasteiger partial charge on any atom is 0.406 e. The number of aromatic nitrogens is 3. The number of ether oxygens (including phenoxy) is 3. The average Bonchev–Trinajstić information content (AvgIpc) is 2.57. The smallest absolute Gasteiger partial charge is 0.406 e. The lowest BCUT2D eigenvalue weighted by atomic mass is 9.73. The predicted molar refractivity (Wildman–Crippen MR) is 307 cm³/mol. The van der Waals surface area contributed by atoms with Crippen LogP contribution in [0.1, 0.15) is 95.5 Å². The van der Waals surface area contributed by atoms with E-state index in [4.69, 9.17) is 24.2 Å². The number of cyclic esters (lactones) is 1. The van der Waals surface area contributed by atoms with Gasteiger partial charge in [-0.3, -0.25) is 43.9 Å². The predicted octanol–water partition coefficient (Wildman–Crippen LogP) is 6.31. The highest BCUT2D eigenvalue weighted by molar-refractivity contribution is 7.10. The molecule has 1 aromatic carbocycles. The van der Waals surface area contributed by atoms with Crippen molar-refractivity contribution in [3.05, 3.63) is 52.1 Å². The lowest BCUT2D eigenvalue weighted by molar-refractivity contribution is -0.171. The van der Waals surface area contributed by atoms with Crippen LogP contribution in [0.15, 0.2) is 35.8 Å². The fourth-order valence-electron chi connectivity index (χ4n) is 15.1. The Hall–Kier alpha value is -5.23. The number of likely N-dealkylation sites (N-methyl/N-ethyl adjacent to an activating group) is 1. The summed E-state index contributed by atoms with van der Waals surface area (Å²) in [5.41, 5.74) is 6.82. The molecule has 14 rings (SSSR count). The Kier molecular flexibility index (Phi) is 14.8. The number of carbonyl (C=O) groups is 4. The van der Waals surface area contributed by atoms with Crippen molar-refractivity contribution in [1.29, 1.82) is 0 Å². The van der Waals surface area contributed by atoms with Gasteiger partial charge in [0, 0.05) is 110 Å². The lowest BCUT2D eigenvalue weighted by Crippen LogP contribution is -2.72. The Morgan fingerprint density at radius 2 is 1.73 bits per heavy atom. The first-order valence-electron chi connectivity index (χ1n) is 30.2. The molecule has 9 fully saturated rings. The molecule has 1 unspecified atom stereocenters. The highest BCUT2D eigenvalue weighted by Gasteiger charge is 2.59. The SMILES string of the molecule is CO[C@@H](C)c1ncc(N2CCN(C3COC3)CC2)cc1-c1c2c3cc(ccc3n1CC(F)(F)F)-c1csc(n1)C[C@H](NC(=O)[C@H](C(C)C)N1CC[C@]3(CCN(C(=O)[C@H]4[C@@H](C5CC5)N4C)C3)C1)C(=O)N1N[C@H](C(=O)OCC(C)(C)C2)C2CC1C2. The maximum atomic E-state index is 15.2. The third-order valence-corrected chi connectivity index (χ3v) is 21.0. The number of hydrogen-bond acceptors (Lipinski definition) is 15. The van der Waals surface area contributed by atoms with Crippen LogP contribution in [-0.2, 0) is 52.8 Å². The number of nitrogens with one attached hydrogen (secondary N) is 2. The number of hydrazine groups is 1. The van der Waals surface area contributed by atoms with Gasteiger partial charge in [0.1, 0.15) is 24.7 Å². The molecule has 3 aromatic heterocycles. The zero-order chi connectivity index (χ0) is 58.0. The second-order valence-corrected chi connectivity index (χ2v) is 27.8. The second kappa shape index (κ2) is 21.6. The normalized spacial score (nSPS) is 30.3. The number of anilines is 1. The molecule has 8 atom stereocenters. The molecule has 3 amide bonds. The summed E-state index contributed by atoms with van der Waals surface area (Å²) >= 11 is 1.35. The molecule has 83 heavy (non-hydrogen) atoms. The van der Waals surface area contributed by atoms with Crippen LogP contribution >= 0.6 is 11.3 Å². The van der Waals surface area contributed by atoms with Gasteiger partial charge in [-0.1, -0.05) is 33.8 Å². The molecule has 18 nitrogen and oxygen atoms in total. The monoisotopic (exact) mass is 1170 g/mol. The van der Waals surface area contributed by atoms with E-state index in [1.54, 1.807) is 30.4 Å². The van der Waals surface area contributed by atoms with Crippen molar-refractivity contribution < 1.29 is 46.6 Å². The summed E-state index contributed by atoms with van der Waals surface area (Å²) in [6.07, 6.45) is 2.20. The first-order valence-corrected chi connectivity index (χ1v) is 31.1. The number of pyridine rings is 1. The van der Waals surface area contributed by atoms with E-state index < -0.39 is 48.3 Å². The Balaban J connectivity index is 0.838. The largest absolute Gasteiger partial charge is 0.464 e. The van der Waals surface area contributed by atoms with E-state index in [0.29, 0.717) is 133 Å². The van der Waals surface area contributed by atoms with Crippen molar-refractivity contribution in [2.24, 2.45) is 28.6 Å². The third kappa shape index (κ3) is 10.9. The first-order chi connectivity index (χ1) is 39.6. The van der Waals surface area contributed by atoms with Crippen molar-refractivity contribution in [3.63, 3.8) is 0 Å². The molecule has 0 radical (unpaired) electrons. The molecule has 8 bridgehead atoms. The minimum absolute atomic E-state index is 0.0208. The van der Waals surface area contributed by atoms with E-state index in [2.05, 4.69) is 42.3 Å². The molecule has 8 aliphatic heterocycles. The van der Waals surface area contributed by atoms with E-state index in [-0.39, 0.29) is 66.5 Å². The number of piperazine rings is 1. The topological polar surface area (TPSA) is 170 Å². The zero-order valence-electron chi connectivity index (χ0n) is 48.9. The number of likely N-dealkylation sites (tertiary alicyclic amines) is 2. The number of rotatable bonds is 12. The number of alkyl halides is 3. The molecule has 10 aliphatic rings. The van der Waals surface area contributed by atoms with Crippen LogP contribution in [0.3, 0.4) is 0 Å². The number of amides is 3. The van der Waals surface area contributed by atoms with E-state index >= 15 is 22.8 Å². The number of nitrogens with zero attached hydrogens (tertiary/aromatic N) is 9. The van der Waals surface area contributed by atoms with E-state index in [0.717, 1.165) is 31.6 Å². The summed E-state index contributed by atoms with van der Waals surface area (Å²) in [5, 5.41) is 7.85. The van der Waals surface area contributed by atoms with Crippen molar-refractivity contribution in [2.45, 2.75) is 147 Å². The Morgan fingerprint density at radius 1 is 0.976 bits per heavy atom. The van der Waals surface area contributed by atoms with Gasteiger partial charge in [0.25, 0.3) is 5.91 Å². The fourth-order valence-corrected chi connectivity index (χ4v) is 15.9. The molecule has 448 valence electrons. The zero-order valence-corrected chi connectivity index (χ0v) is 49.7. The number of fused-ring (bicyclic) bond motifs is 4. The summed E-state index contributed by atoms with van der Waals surface area (Å²) in [5.74, 6) is -0.473. The number of esters is 1. The van der Waals surface area contributed by atoms with Crippen LogP contribution in [0.25, 0.3) is 33.4 Å². The molecule has 1 spiro atoms. The number of benzene rings is 1. The molecule has 2 N–H and O–H groups in total. The molecule has 22 heteroatoms. The molecule has 11 heterocycles. The van der Waals surface area contributed by atoms with Crippen molar-refractivity contribution in [1.82, 2.24) is 49.9 Å². The van der Waals surface area contributed by atoms with Gasteiger partial charge in [-0.2, -0.15) is 13.2 Å². The first kappa shape index (κ1) is 56.9. The average molecular weight is 1170 g/mol. The highest BCUT2D eigenvalue weighted by atomic mass is 32.1. The Morgan fingerprint density at radius 3 is 2.43 bits per heavy atom. The molecular weight excluding hydrogens is 1090 g/mol. The minimum atomic E-state index is -4.61. The fraction of sp³-hybridized carbons (Fsp3) is 0.672. The standard InChI is InChI=1S/C61H80F3N11O7S/c1-34(2)51(72-14-12-60(30-72)13-15-73(31-60)57(78)54-52(69(54)6)36-8-9-36)55(76)67-45-24-48-66-46(29-83-48)37-10-11-47-42(22-37)44(25-59(4,5)33-82-58(79)50-38-20-39(21-38)75(68-50)56(45)77)53(74(47)32-61(62,63)64)43-23-40(26-65-49(43)35(3)80-7)70-16-18-71(19-17-70)41-27-81-28-41/h10-11,22-23,26,29,34-36,38-39,41,45,50-52,54,68H,8-9,12-21,24-25,27-28,30-33H2,1-7H3,(H,67,76)/t35-,38?,39?,45-,50-,51-,52+,54+,60-,69?/m0/s1. The summed E-state index contributed by atoms with van der Waals surface area (Å²) in [4.78, 5) is 79.8. The van der Waals surface area contributed by atoms with Gasteiger partial charge in [-0.25, -0.2) is 10.4 Å². The van der Waals surface area contributed by atoms with Crippen LogP contribution in [0.4, 0.5) is 18.9 Å². The van der Waals surface area contributed by atoms with Gasteiger partial charge in [0.15, 0.2) is 0 Å². The summed E-state index contributed by atoms with van der Waals surface area (Å²) < 4.78 is 64.7. The summed E-state index contributed by atoms with van der Waals surface area (Å²) in [6, 6.07) is 5.50. The van der Waals surface area contributed by atoms with Gasteiger partial charge < -0.3 is 33.9 Å². The maximum absolute atomic E-state index is 15.2. The molecular formula is C61H80F3N11O7S. The number of methoxy groups -OCH3 is 1. The van der Waals surface area contributed by atoms with Crippen LogP contribution in [0, 0.1) is 28.6 Å². The third-order valence-electron chi connectivity index (χ3n) is 20.1. The second-order valence-electron chi connectivity index (χ2n) is 26.9. The molecule has 4 aromatic rings. The number of thiazole rings is 1. The summed E-state index contributed by atoms with van der Waals surface area (Å²) in [7, 11) is 3.63. The van der Waals surface area contributed by atoms with Crippen LogP contribution in [0.5, 0.6) is 0 Å². The van der Waals surface area contributed by atoms with E-state index in [1.807, 2.05) is 52.1 Å². The van der Waals surface area contributed by atoms with E-state index in [1.165, 1.54) is 28.7 Å². The number of hydrogen-bond donors (Lipinski definition) is 2. The molecule has 2 saturated carbocycles. The Bertz CT molecular complexity index is 3170. The molecule has 7 saturated heterocycles. The lowest BCUT2D eigenvalue weighted by Gasteiger charge is -2.53. The van der Waals surface area contributed by atoms with Gasteiger partial charge in [-0.15, -0.1) is 11.3 Å². The van der Waals surface area contributed by atoms with Gasteiger partial charge in [0.2, 0.25) is 11.8 Å². The Labute approximate surface area is 487 Å². The van der Waals surface area contributed by atoms with Crippen molar-refractivity contribution in [2.75, 3.05) is 91.2 Å². The van der Waals surface area contributed by atoms with Crippen LogP contribution in [0.2, 0.25) is 0 Å².